The molecule has 0 unspecified atom stereocenters. The molecule has 0 spiro atoms. The van der Waals surface area contributed by atoms with E-state index in [4.69, 9.17) is 10.5 Å². The van der Waals surface area contributed by atoms with Crippen molar-refractivity contribution >= 4 is 11.8 Å². The molecule has 0 aliphatic carbocycles. The third-order valence-corrected chi connectivity index (χ3v) is 3.50. The first kappa shape index (κ1) is 17.9. The number of nitrogens with one attached hydrogen (secondary N) is 1. The van der Waals surface area contributed by atoms with Crippen LogP contribution in [-0.4, -0.2) is 56.1 Å². The number of methoxy groups -OCH3 is 1. The Morgan fingerprint density at radius 1 is 1.26 bits per heavy atom. The van der Waals surface area contributed by atoms with E-state index in [0.717, 1.165) is 0 Å². The maximum atomic E-state index is 12.3. The summed E-state index contributed by atoms with van der Waals surface area (Å²) in [5, 5.41) is 2.67. The molecule has 0 saturated heterocycles. The van der Waals surface area contributed by atoms with Gasteiger partial charge in [0.1, 0.15) is 0 Å². The minimum atomic E-state index is -0.742. The summed E-state index contributed by atoms with van der Waals surface area (Å²) in [6.07, 6.45) is 0. The Bertz CT molecular complexity index is 322. The standard InChI is InChI=1S/C13H27N3O3/c1-12(2,13(3,4)14)11(18)16(5)9-10(17)15-7-8-19-6/h7-9,14H2,1-6H3,(H,15,17). The minimum absolute atomic E-state index is 0.0159. The van der Waals surface area contributed by atoms with Crippen molar-refractivity contribution in [1.29, 1.82) is 0 Å². The van der Waals surface area contributed by atoms with E-state index in [-0.39, 0.29) is 18.4 Å². The van der Waals surface area contributed by atoms with Crippen LogP contribution >= 0.6 is 0 Å². The summed E-state index contributed by atoms with van der Waals surface area (Å²) in [5.74, 6) is -0.361. The molecule has 0 aromatic heterocycles. The lowest BCUT2D eigenvalue weighted by atomic mass is 9.74. The van der Waals surface area contributed by atoms with Crippen LogP contribution in [0, 0.1) is 5.41 Å². The lowest BCUT2D eigenvalue weighted by Gasteiger charge is -2.39. The molecule has 0 atom stereocenters. The van der Waals surface area contributed by atoms with Crippen LogP contribution in [0.5, 0.6) is 0 Å². The molecule has 0 heterocycles. The molecule has 0 bridgehead atoms. The number of hydrogen-bond acceptors (Lipinski definition) is 4. The smallest absolute Gasteiger partial charge is 0.239 e. The molecular weight excluding hydrogens is 246 g/mol. The van der Waals surface area contributed by atoms with Crippen molar-refractivity contribution in [1.82, 2.24) is 10.2 Å². The predicted molar refractivity (Wildman–Crippen MR) is 74.6 cm³/mol. The number of likely N-dealkylation sites (N-methyl/N-ethyl adjacent to an activating group) is 1. The van der Waals surface area contributed by atoms with Crippen LogP contribution in [0.25, 0.3) is 0 Å². The molecular formula is C13H27N3O3. The van der Waals surface area contributed by atoms with Gasteiger partial charge in [0.05, 0.1) is 18.6 Å². The summed E-state index contributed by atoms with van der Waals surface area (Å²) >= 11 is 0. The summed E-state index contributed by atoms with van der Waals surface area (Å²) in [4.78, 5) is 25.3. The van der Waals surface area contributed by atoms with E-state index in [2.05, 4.69) is 5.32 Å². The second kappa shape index (κ2) is 6.86. The quantitative estimate of drug-likeness (QED) is 0.638. The van der Waals surface area contributed by atoms with E-state index in [1.807, 2.05) is 0 Å². The molecule has 0 rings (SSSR count). The highest BCUT2D eigenvalue weighted by Crippen LogP contribution is 2.30. The average molecular weight is 273 g/mol. The number of hydrogen-bond donors (Lipinski definition) is 2. The van der Waals surface area contributed by atoms with Crippen LogP contribution in [0.3, 0.4) is 0 Å². The predicted octanol–water partition coefficient (Wildman–Crippen LogP) is -0.0291. The number of nitrogens with two attached hydrogens (primary N) is 1. The zero-order valence-electron chi connectivity index (χ0n) is 12.9. The van der Waals surface area contributed by atoms with Gasteiger partial charge >= 0.3 is 0 Å². The summed E-state index contributed by atoms with van der Waals surface area (Å²) < 4.78 is 4.83. The van der Waals surface area contributed by atoms with Gasteiger partial charge in [-0.1, -0.05) is 0 Å². The highest BCUT2D eigenvalue weighted by molar-refractivity contribution is 5.88. The van der Waals surface area contributed by atoms with Gasteiger partial charge in [0.25, 0.3) is 0 Å². The molecule has 112 valence electrons. The first-order valence-corrected chi connectivity index (χ1v) is 6.34. The molecule has 0 aliphatic rings. The Morgan fingerprint density at radius 2 is 1.79 bits per heavy atom. The van der Waals surface area contributed by atoms with Gasteiger partial charge in [-0.2, -0.15) is 0 Å². The molecule has 2 amide bonds. The first-order valence-electron chi connectivity index (χ1n) is 6.34. The Morgan fingerprint density at radius 3 is 2.21 bits per heavy atom. The Labute approximate surface area is 115 Å². The summed E-state index contributed by atoms with van der Waals surface area (Å²) in [7, 11) is 3.17. The molecule has 0 aliphatic heterocycles. The van der Waals surface area contributed by atoms with Crippen LogP contribution in [0.15, 0.2) is 0 Å². The van der Waals surface area contributed by atoms with Gasteiger partial charge in [-0.15, -0.1) is 0 Å². The zero-order chi connectivity index (χ0) is 15.3. The molecule has 0 fully saturated rings. The minimum Gasteiger partial charge on any atom is -0.383 e. The van der Waals surface area contributed by atoms with Crippen LogP contribution in [0.2, 0.25) is 0 Å². The molecule has 6 nitrogen and oxygen atoms in total. The maximum Gasteiger partial charge on any atom is 0.239 e. The third-order valence-electron chi connectivity index (χ3n) is 3.50. The number of carbonyl (C=O) groups excluding carboxylic acids is 2. The van der Waals surface area contributed by atoms with Gasteiger partial charge in [0.2, 0.25) is 11.8 Å². The van der Waals surface area contributed by atoms with Gasteiger partial charge in [-0.25, -0.2) is 0 Å². The zero-order valence-corrected chi connectivity index (χ0v) is 12.9. The largest absolute Gasteiger partial charge is 0.383 e. The van der Waals surface area contributed by atoms with Gasteiger partial charge < -0.3 is 20.7 Å². The van der Waals surface area contributed by atoms with Crippen molar-refractivity contribution in [2.45, 2.75) is 33.2 Å². The summed E-state index contributed by atoms with van der Waals surface area (Å²) in [5.41, 5.74) is 4.61. The van der Waals surface area contributed by atoms with Gasteiger partial charge in [-0.05, 0) is 27.7 Å². The molecule has 0 aromatic carbocycles. The van der Waals surface area contributed by atoms with E-state index in [0.29, 0.717) is 13.2 Å². The molecule has 19 heavy (non-hydrogen) atoms. The first-order chi connectivity index (χ1) is 8.54. The lowest BCUT2D eigenvalue weighted by Crippen LogP contribution is -2.56. The SMILES string of the molecule is COCCNC(=O)CN(C)C(=O)C(C)(C)C(C)(C)N. The van der Waals surface area contributed by atoms with Crippen molar-refractivity contribution < 1.29 is 14.3 Å². The second-order valence-corrected chi connectivity index (χ2v) is 5.85. The van der Waals surface area contributed by atoms with Gasteiger partial charge in [0, 0.05) is 26.2 Å². The summed E-state index contributed by atoms with van der Waals surface area (Å²) in [6, 6.07) is 0. The molecule has 6 heteroatoms. The van der Waals surface area contributed by atoms with E-state index in [9.17, 15) is 9.59 Å². The van der Waals surface area contributed by atoms with E-state index < -0.39 is 11.0 Å². The Hall–Kier alpha value is -1.14. The van der Waals surface area contributed by atoms with Crippen LogP contribution in [0.4, 0.5) is 0 Å². The second-order valence-electron chi connectivity index (χ2n) is 5.85. The highest BCUT2D eigenvalue weighted by atomic mass is 16.5. The van der Waals surface area contributed by atoms with Crippen LogP contribution < -0.4 is 11.1 Å². The topological polar surface area (TPSA) is 84.7 Å². The van der Waals surface area contributed by atoms with Gasteiger partial charge in [0.15, 0.2) is 0 Å². The lowest BCUT2D eigenvalue weighted by molar-refractivity contribution is -0.144. The number of carbonyl (C=O) groups is 2. The van der Waals surface area contributed by atoms with Crippen molar-refractivity contribution in [3.8, 4) is 0 Å². The number of amides is 2. The normalized spacial score (nSPS) is 12.2. The fourth-order valence-corrected chi connectivity index (χ4v) is 1.39. The number of ether oxygens (including phenoxy) is 1. The summed E-state index contributed by atoms with van der Waals surface area (Å²) in [6.45, 7) is 8.08. The van der Waals surface area contributed by atoms with E-state index in [1.54, 1.807) is 41.9 Å². The highest BCUT2D eigenvalue weighted by Gasteiger charge is 2.42. The van der Waals surface area contributed by atoms with E-state index in [1.165, 1.54) is 4.90 Å². The van der Waals surface area contributed by atoms with Crippen LogP contribution in [-0.2, 0) is 14.3 Å². The molecule has 0 aromatic rings. The molecule has 0 saturated carbocycles. The fraction of sp³-hybridized carbons (Fsp3) is 0.846. The maximum absolute atomic E-state index is 12.3. The Kier molecular flexibility index (Phi) is 6.45. The fourth-order valence-electron chi connectivity index (χ4n) is 1.39. The number of nitrogens with zero attached hydrogens (tertiary/aromatic N) is 1. The van der Waals surface area contributed by atoms with Crippen molar-refractivity contribution in [2.24, 2.45) is 11.1 Å². The average Bonchev–Trinajstić information content (AvgIpc) is 2.26. The van der Waals surface area contributed by atoms with Gasteiger partial charge in [-0.3, -0.25) is 9.59 Å². The monoisotopic (exact) mass is 273 g/mol. The Balaban J connectivity index is 4.47. The number of rotatable bonds is 7. The third kappa shape index (κ3) is 5.16. The van der Waals surface area contributed by atoms with Crippen molar-refractivity contribution in [2.75, 3.05) is 33.9 Å². The van der Waals surface area contributed by atoms with Crippen LogP contribution in [0.1, 0.15) is 27.7 Å². The molecule has 0 radical (unpaired) electrons. The van der Waals surface area contributed by atoms with Crippen molar-refractivity contribution in [3.05, 3.63) is 0 Å². The van der Waals surface area contributed by atoms with Crippen molar-refractivity contribution in [3.63, 3.8) is 0 Å². The molecule has 3 N–H and O–H groups in total. The van der Waals surface area contributed by atoms with E-state index >= 15 is 0 Å².